The molecule has 2 amide bonds. The first-order chi connectivity index (χ1) is 14.4. The number of urea groups is 1. The first kappa shape index (κ1) is 19.9. The smallest absolute Gasteiger partial charge is 0.321 e. The highest BCUT2D eigenvalue weighted by atomic mass is 16.2. The van der Waals surface area contributed by atoms with Gasteiger partial charge < -0.3 is 19.7 Å². The Kier molecular flexibility index (Phi) is 5.44. The van der Waals surface area contributed by atoms with Crippen molar-refractivity contribution in [3.8, 4) is 5.82 Å². The van der Waals surface area contributed by atoms with Crippen LogP contribution in [0.3, 0.4) is 0 Å². The molecular formula is C23H28N6O. The predicted octanol–water partition coefficient (Wildman–Crippen LogP) is 3.92. The van der Waals surface area contributed by atoms with Crippen molar-refractivity contribution in [3.63, 3.8) is 0 Å². The summed E-state index contributed by atoms with van der Waals surface area (Å²) in [5.41, 5.74) is 2.17. The van der Waals surface area contributed by atoms with Crippen molar-refractivity contribution in [2.24, 2.45) is 0 Å². The lowest BCUT2D eigenvalue weighted by Gasteiger charge is -2.35. The number of hydrogen-bond acceptors (Lipinski definition) is 4. The van der Waals surface area contributed by atoms with E-state index in [1.54, 1.807) is 6.33 Å². The summed E-state index contributed by atoms with van der Waals surface area (Å²) in [5.74, 6) is 1.72. The molecule has 0 radical (unpaired) electrons. The molecule has 1 aliphatic heterocycles. The Morgan fingerprint density at radius 2 is 1.57 bits per heavy atom. The lowest BCUT2D eigenvalue weighted by molar-refractivity contribution is 0.208. The minimum absolute atomic E-state index is 0.0612. The molecule has 2 aromatic heterocycles. The van der Waals surface area contributed by atoms with Crippen molar-refractivity contribution in [1.82, 2.24) is 19.4 Å². The summed E-state index contributed by atoms with van der Waals surface area (Å²) in [4.78, 5) is 25.5. The van der Waals surface area contributed by atoms with Gasteiger partial charge >= 0.3 is 6.03 Å². The Morgan fingerprint density at radius 3 is 2.20 bits per heavy atom. The van der Waals surface area contributed by atoms with Gasteiger partial charge in [0.1, 0.15) is 18.0 Å². The Hall–Kier alpha value is -3.35. The number of carbonyl (C=O) groups is 1. The number of aromatic nitrogens is 3. The molecule has 0 atom stereocenters. The van der Waals surface area contributed by atoms with E-state index in [4.69, 9.17) is 0 Å². The number of nitrogens with one attached hydrogen (secondary N) is 1. The van der Waals surface area contributed by atoms with Crippen LogP contribution in [0.2, 0.25) is 0 Å². The first-order valence-corrected chi connectivity index (χ1v) is 10.3. The molecule has 1 N–H and O–H groups in total. The maximum absolute atomic E-state index is 12.7. The summed E-state index contributed by atoms with van der Waals surface area (Å²) in [6.45, 7) is 9.30. The van der Waals surface area contributed by atoms with E-state index < -0.39 is 0 Å². The van der Waals surface area contributed by atoms with Gasteiger partial charge in [-0.05, 0) is 35.2 Å². The molecule has 7 nitrogen and oxygen atoms in total. The van der Waals surface area contributed by atoms with Crippen LogP contribution in [0.25, 0.3) is 5.82 Å². The number of carbonyl (C=O) groups excluding carboxylic acids is 1. The number of hydrogen-bond donors (Lipinski definition) is 1. The van der Waals surface area contributed by atoms with Gasteiger partial charge in [-0.15, -0.1) is 0 Å². The number of amides is 2. The van der Waals surface area contributed by atoms with Crippen LogP contribution in [-0.2, 0) is 5.41 Å². The van der Waals surface area contributed by atoms with Gasteiger partial charge in [0.05, 0.1) is 0 Å². The summed E-state index contributed by atoms with van der Waals surface area (Å²) < 4.78 is 1.96. The average Bonchev–Trinajstić information content (AvgIpc) is 3.29. The SMILES string of the molecule is CC(C)(C)c1ccc(NC(=O)N2CCN(c3cc(-n4cccc4)ncn3)CC2)cc1. The number of benzene rings is 1. The Bertz CT molecular complexity index is 983. The van der Waals surface area contributed by atoms with Gasteiger partial charge in [-0.2, -0.15) is 0 Å². The van der Waals surface area contributed by atoms with Crippen LogP contribution >= 0.6 is 0 Å². The molecule has 0 saturated carbocycles. The van der Waals surface area contributed by atoms with Crippen molar-refractivity contribution >= 4 is 17.5 Å². The fourth-order valence-electron chi connectivity index (χ4n) is 3.53. The third kappa shape index (κ3) is 4.45. The van der Waals surface area contributed by atoms with Gasteiger partial charge in [0.15, 0.2) is 0 Å². The standard InChI is InChI=1S/C23H28N6O/c1-23(2,3)18-6-8-19(9-7-18)26-22(30)29-14-12-28(13-15-29)21-16-20(24-17-25-21)27-10-4-5-11-27/h4-11,16-17H,12-15H2,1-3H3,(H,26,30). The summed E-state index contributed by atoms with van der Waals surface area (Å²) in [6.07, 6.45) is 5.51. The fourth-order valence-corrected chi connectivity index (χ4v) is 3.53. The van der Waals surface area contributed by atoms with E-state index in [-0.39, 0.29) is 11.4 Å². The van der Waals surface area contributed by atoms with Gasteiger partial charge in [-0.25, -0.2) is 14.8 Å². The number of nitrogens with zero attached hydrogens (tertiary/aromatic N) is 5. The van der Waals surface area contributed by atoms with Crippen molar-refractivity contribution in [1.29, 1.82) is 0 Å². The van der Waals surface area contributed by atoms with E-state index >= 15 is 0 Å². The van der Waals surface area contributed by atoms with E-state index in [1.807, 2.05) is 52.2 Å². The molecule has 156 valence electrons. The molecule has 0 unspecified atom stereocenters. The van der Waals surface area contributed by atoms with Crippen LogP contribution in [0, 0.1) is 0 Å². The molecule has 1 aromatic carbocycles. The largest absolute Gasteiger partial charge is 0.353 e. The highest BCUT2D eigenvalue weighted by Gasteiger charge is 2.22. The first-order valence-electron chi connectivity index (χ1n) is 10.3. The monoisotopic (exact) mass is 404 g/mol. The summed E-state index contributed by atoms with van der Waals surface area (Å²) in [6, 6.07) is 13.9. The van der Waals surface area contributed by atoms with Crippen molar-refractivity contribution in [3.05, 3.63) is 66.7 Å². The van der Waals surface area contributed by atoms with E-state index in [2.05, 4.69) is 53.1 Å². The summed E-state index contributed by atoms with van der Waals surface area (Å²) in [5, 5.41) is 3.01. The highest BCUT2D eigenvalue weighted by molar-refractivity contribution is 5.89. The molecule has 0 bridgehead atoms. The van der Waals surface area contributed by atoms with Crippen LogP contribution in [0.15, 0.2) is 61.2 Å². The van der Waals surface area contributed by atoms with E-state index in [1.165, 1.54) is 5.56 Å². The van der Waals surface area contributed by atoms with Gasteiger partial charge in [-0.3, -0.25) is 0 Å². The van der Waals surface area contributed by atoms with Gasteiger partial charge in [0.2, 0.25) is 0 Å². The third-order valence-electron chi connectivity index (χ3n) is 5.40. The summed E-state index contributed by atoms with van der Waals surface area (Å²) in [7, 11) is 0. The normalized spacial score (nSPS) is 14.6. The molecule has 7 heteroatoms. The van der Waals surface area contributed by atoms with Gasteiger partial charge in [0.25, 0.3) is 0 Å². The highest BCUT2D eigenvalue weighted by Crippen LogP contribution is 2.24. The van der Waals surface area contributed by atoms with Gasteiger partial charge in [0, 0.05) is 50.3 Å². The van der Waals surface area contributed by atoms with E-state index in [9.17, 15) is 4.79 Å². The maximum Gasteiger partial charge on any atom is 0.321 e. The molecule has 0 aliphatic carbocycles. The molecule has 1 fully saturated rings. The number of piperazine rings is 1. The minimum atomic E-state index is -0.0612. The number of anilines is 2. The number of rotatable bonds is 3. The van der Waals surface area contributed by atoms with Crippen LogP contribution in [0.5, 0.6) is 0 Å². The minimum Gasteiger partial charge on any atom is -0.353 e. The van der Waals surface area contributed by atoms with E-state index in [0.717, 1.165) is 30.4 Å². The van der Waals surface area contributed by atoms with Crippen LogP contribution in [0.4, 0.5) is 16.3 Å². The second kappa shape index (κ2) is 8.18. The second-order valence-corrected chi connectivity index (χ2v) is 8.56. The third-order valence-corrected chi connectivity index (χ3v) is 5.40. The van der Waals surface area contributed by atoms with Crippen molar-refractivity contribution < 1.29 is 4.79 Å². The Balaban J connectivity index is 1.34. The average molecular weight is 405 g/mol. The predicted molar refractivity (Wildman–Crippen MR) is 119 cm³/mol. The van der Waals surface area contributed by atoms with Crippen molar-refractivity contribution in [2.75, 3.05) is 36.4 Å². The zero-order valence-electron chi connectivity index (χ0n) is 17.7. The summed E-state index contributed by atoms with van der Waals surface area (Å²) >= 11 is 0. The Labute approximate surface area is 177 Å². The fraction of sp³-hybridized carbons (Fsp3) is 0.348. The second-order valence-electron chi connectivity index (χ2n) is 8.56. The quantitative estimate of drug-likeness (QED) is 0.719. The lowest BCUT2D eigenvalue weighted by atomic mass is 9.87. The molecule has 1 saturated heterocycles. The molecule has 3 heterocycles. The molecule has 3 aromatic rings. The van der Waals surface area contributed by atoms with Crippen molar-refractivity contribution in [2.45, 2.75) is 26.2 Å². The van der Waals surface area contributed by atoms with Gasteiger partial charge in [-0.1, -0.05) is 32.9 Å². The molecule has 0 spiro atoms. The molecule has 1 aliphatic rings. The topological polar surface area (TPSA) is 66.3 Å². The molecule has 30 heavy (non-hydrogen) atoms. The van der Waals surface area contributed by atoms with Crippen LogP contribution in [-0.4, -0.2) is 51.6 Å². The van der Waals surface area contributed by atoms with E-state index in [0.29, 0.717) is 13.1 Å². The van der Waals surface area contributed by atoms with Crippen LogP contribution < -0.4 is 10.2 Å². The lowest BCUT2D eigenvalue weighted by Crippen LogP contribution is -2.50. The van der Waals surface area contributed by atoms with Crippen LogP contribution in [0.1, 0.15) is 26.3 Å². The Morgan fingerprint density at radius 1 is 0.933 bits per heavy atom. The zero-order valence-corrected chi connectivity index (χ0v) is 17.7. The molecular weight excluding hydrogens is 376 g/mol. The molecule has 4 rings (SSSR count). The maximum atomic E-state index is 12.7. The zero-order chi connectivity index (χ0) is 21.1.